The molecule has 1 saturated heterocycles. The maximum Gasteiger partial charge on any atom is 0.407 e. The number of hydrogen-bond acceptors (Lipinski definition) is 7. The molecule has 0 aromatic carbocycles. The molecule has 286 valence electrons. The molecule has 9 heteroatoms. The molecule has 7 nitrogen and oxygen atoms in total. The summed E-state index contributed by atoms with van der Waals surface area (Å²) in [4.78, 5) is 27.2. The van der Waals surface area contributed by atoms with E-state index in [1.807, 2.05) is 6.92 Å². The van der Waals surface area contributed by atoms with E-state index in [1.165, 1.54) is 51.4 Å². The molecule has 4 aliphatic carbocycles. The zero-order valence-electron chi connectivity index (χ0n) is 32.3. The molecule has 1 heterocycles. The lowest BCUT2D eigenvalue weighted by atomic mass is 9.47. The number of aliphatic hydroxyl groups is 1. The zero-order valence-corrected chi connectivity index (χ0v) is 33.9. The molecule has 0 aromatic rings. The number of nitrogens with zero attached hydrogens (tertiary/aromatic N) is 1. The van der Waals surface area contributed by atoms with E-state index in [1.54, 1.807) is 32.1 Å². The normalized spacial score (nSPS) is 35.6. The van der Waals surface area contributed by atoms with Gasteiger partial charge >= 0.3 is 6.09 Å². The molecule has 5 aliphatic rings. The first-order valence-corrected chi connectivity index (χ1v) is 22.9. The van der Waals surface area contributed by atoms with Crippen LogP contribution >= 0.6 is 21.6 Å². The SMILES string of the molecule is CCOCC1C[C@@H](O)CN1C(=O)CCCSSCCNC(=O)O[C@H]1CC[C@@]2(C)C(=CCC3C2CC[C@@]2(C)C3CC[C@@H]2[C@H](C)CCCC(C)C)C1. The molecule has 0 aromatic heterocycles. The Kier molecular flexibility index (Phi) is 14.8. The highest BCUT2D eigenvalue weighted by atomic mass is 33.1. The number of carbonyl (C=O) groups is 2. The number of rotatable bonds is 17. The van der Waals surface area contributed by atoms with E-state index >= 15 is 0 Å². The number of likely N-dealkylation sites (tertiary alicyclic amines) is 1. The van der Waals surface area contributed by atoms with Gasteiger partial charge in [0.1, 0.15) is 6.10 Å². The summed E-state index contributed by atoms with van der Waals surface area (Å²) in [5.41, 5.74) is 2.35. The number of hydrogen-bond donors (Lipinski definition) is 2. The van der Waals surface area contributed by atoms with Gasteiger partial charge < -0.3 is 24.8 Å². The van der Waals surface area contributed by atoms with Crippen molar-refractivity contribution in [3.05, 3.63) is 11.6 Å². The molecule has 3 saturated carbocycles. The Morgan fingerprint density at radius 3 is 2.62 bits per heavy atom. The lowest BCUT2D eigenvalue weighted by molar-refractivity contribution is -0.133. The van der Waals surface area contributed by atoms with E-state index in [0.717, 1.165) is 72.7 Å². The van der Waals surface area contributed by atoms with Crippen LogP contribution in [0.1, 0.15) is 131 Å². The summed E-state index contributed by atoms with van der Waals surface area (Å²) in [6, 6.07) is -0.0121. The fourth-order valence-electron chi connectivity index (χ4n) is 11.3. The fraction of sp³-hybridized carbons (Fsp3) is 0.902. The second kappa shape index (κ2) is 18.4. The number of amides is 2. The summed E-state index contributed by atoms with van der Waals surface area (Å²) >= 11 is 0. The van der Waals surface area contributed by atoms with Gasteiger partial charge in [-0.1, -0.05) is 87.1 Å². The van der Waals surface area contributed by atoms with Crippen LogP contribution in [0.15, 0.2) is 11.6 Å². The molecular weight excluding hydrogens is 665 g/mol. The number of fused-ring (bicyclic) bond motifs is 5. The number of aliphatic hydroxyl groups excluding tert-OH is 1. The predicted octanol–water partition coefficient (Wildman–Crippen LogP) is 9.28. The van der Waals surface area contributed by atoms with Crippen molar-refractivity contribution in [2.45, 2.75) is 150 Å². The Balaban J connectivity index is 0.982. The summed E-state index contributed by atoms with van der Waals surface area (Å²) < 4.78 is 11.5. The van der Waals surface area contributed by atoms with E-state index < -0.39 is 6.10 Å². The highest BCUT2D eigenvalue weighted by Gasteiger charge is 2.59. The predicted molar refractivity (Wildman–Crippen MR) is 208 cm³/mol. The molecule has 4 fully saturated rings. The van der Waals surface area contributed by atoms with Gasteiger partial charge in [0, 0.05) is 44.0 Å². The molecule has 5 rings (SSSR count). The quantitative estimate of drug-likeness (QED) is 0.0875. The Labute approximate surface area is 312 Å². The van der Waals surface area contributed by atoms with E-state index in [4.69, 9.17) is 9.47 Å². The highest BCUT2D eigenvalue weighted by Crippen LogP contribution is 2.67. The van der Waals surface area contributed by atoms with E-state index in [9.17, 15) is 14.7 Å². The topological polar surface area (TPSA) is 88.1 Å². The molecule has 10 atom stereocenters. The average Bonchev–Trinajstić information content (AvgIpc) is 3.63. The van der Waals surface area contributed by atoms with Crippen molar-refractivity contribution in [2.24, 2.45) is 46.3 Å². The minimum Gasteiger partial charge on any atom is -0.446 e. The molecule has 50 heavy (non-hydrogen) atoms. The first-order valence-electron chi connectivity index (χ1n) is 20.4. The maximum absolute atomic E-state index is 12.7. The Morgan fingerprint density at radius 2 is 1.84 bits per heavy atom. The second-order valence-corrected chi connectivity index (χ2v) is 20.2. The first-order chi connectivity index (χ1) is 24.0. The molecule has 4 unspecified atom stereocenters. The van der Waals surface area contributed by atoms with Gasteiger partial charge in [0.25, 0.3) is 0 Å². The molecule has 1 aliphatic heterocycles. The highest BCUT2D eigenvalue weighted by molar-refractivity contribution is 8.76. The van der Waals surface area contributed by atoms with Gasteiger partial charge in [0.15, 0.2) is 0 Å². The first kappa shape index (κ1) is 40.3. The molecular formula is C41H70N2O5S2. The van der Waals surface area contributed by atoms with Crippen LogP contribution in [0.4, 0.5) is 4.79 Å². The standard InChI is InChI=1S/C41H70N2O5S2/c1-7-47-27-31-25-32(44)26-43(31)38(45)12-9-22-49-50-23-21-42-39(46)48-33-17-19-40(5)30(24-33)13-14-34-36-16-15-35(29(4)11-8-10-28(2)3)41(36,6)20-18-37(34)40/h13,28-29,31-37,44H,7-12,14-27H2,1-6H3,(H,42,46)/t29-,31?,32-,33+,34?,35-,36?,37?,40+,41-/m1/s1. The smallest absolute Gasteiger partial charge is 0.407 e. The van der Waals surface area contributed by atoms with Crippen molar-refractivity contribution in [1.82, 2.24) is 10.2 Å². The molecule has 2 N–H and O–H groups in total. The lowest BCUT2D eigenvalue weighted by Crippen LogP contribution is -2.51. The van der Waals surface area contributed by atoms with Crippen molar-refractivity contribution in [3.63, 3.8) is 0 Å². The molecule has 0 spiro atoms. The average molecular weight is 735 g/mol. The van der Waals surface area contributed by atoms with Crippen LogP contribution in [0.3, 0.4) is 0 Å². The van der Waals surface area contributed by atoms with E-state index in [2.05, 4.69) is 46.0 Å². The van der Waals surface area contributed by atoms with Gasteiger partial charge in [-0.25, -0.2) is 4.79 Å². The molecule has 0 bridgehead atoms. The summed E-state index contributed by atoms with van der Waals surface area (Å²) in [5.74, 6) is 6.82. The number of nitrogens with one attached hydrogen (secondary N) is 1. The van der Waals surface area contributed by atoms with Gasteiger partial charge in [0.2, 0.25) is 5.91 Å². The summed E-state index contributed by atoms with van der Waals surface area (Å²) in [7, 11) is 3.47. The van der Waals surface area contributed by atoms with Crippen molar-refractivity contribution in [2.75, 3.05) is 37.8 Å². The number of ether oxygens (including phenoxy) is 2. The number of β-amino-alcohol motifs (C(OH)–C–C–N with tert-alkyl or cyclic N) is 1. The Hall–Kier alpha value is -0.900. The van der Waals surface area contributed by atoms with Gasteiger partial charge in [0.05, 0.1) is 18.8 Å². The van der Waals surface area contributed by atoms with Gasteiger partial charge in [-0.3, -0.25) is 4.79 Å². The maximum atomic E-state index is 12.7. The number of allylic oxidation sites excluding steroid dienone is 1. The van der Waals surface area contributed by atoms with Crippen LogP contribution < -0.4 is 5.32 Å². The Bertz CT molecular complexity index is 1150. The van der Waals surface area contributed by atoms with Gasteiger partial charge in [-0.05, 0) is 111 Å². The van der Waals surface area contributed by atoms with Crippen molar-refractivity contribution in [1.29, 1.82) is 0 Å². The largest absolute Gasteiger partial charge is 0.446 e. The second-order valence-electron chi connectivity index (χ2n) is 17.5. The van der Waals surface area contributed by atoms with Crippen molar-refractivity contribution >= 4 is 33.6 Å². The number of alkyl carbamates (subject to hydrolysis) is 1. The lowest BCUT2D eigenvalue weighted by Gasteiger charge is -2.58. The van der Waals surface area contributed by atoms with Gasteiger partial charge in [-0.2, -0.15) is 0 Å². The third kappa shape index (κ3) is 9.60. The van der Waals surface area contributed by atoms with Crippen molar-refractivity contribution in [3.8, 4) is 0 Å². The Morgan fingerprint density at radius 1 is 1.04 bits per heavy atom. The van der Waals surface area contributed by atoms with Crippen LogP contribution in [0.25, 0.3) is 0 Å². The van der Waals surface area contributed by atoms with E-state index in [0.29, 0.717) is 44.6 Å². The third-order valence-corrected chi connectivity index (χ3v) is 16.4. The summed E-state index contributed by atoms with van der Waals surface area (Å²) in [6.07, 6.45) is 17.8. The van der Waals surface area contributed by atoms with Crippen LogP contribution in [0.2, 0.25) is 0 Å². The minimum absolute atomic E-state index is 0.0121. The molecule has 0 radical (unpaired) electrons. The molecule has 2 amide bonds. The van der Waals surface area contributed by atoms with Crippen molar-refractivity contribution < 1.29 is 24.2 Å². The van der Waals surface area contributed by atoms with Crippen LogP contribution in [0, 0.1) is 46.3 Å². The van der Waals surface area contributed by atoms with Gasteiger partial charge in [-0.15, -0.1) is 0 Å². The zero-order chi connectivity index (χ0) is 35.9. The van der Waals surface area contributed by atoms with Crippen LogP contribution in [-0.4, -0.2) is 78.1 Å². The number of carbonyl (C=O) groups excluding carboxylic acids is 2. The summed E-state index contributed by atoms with van der Waals surface area (Å²) in [6.45, 7) is 16.6. The fourth-order valence-corrected chi connectivity index (χ4v) is 13.3. The third-order valence-electron chi connectivity index (χ3n) is 13.9. The monoisotopic (exact) mass is 734 g/mol. The summed E-state index contributed by atoms with van der Waals surface area (Å²) in [5, 5.41) is 13.0. The van der Waals surface area contributed by atoms with E-state index in [-0.39, 0.29) is 29.6 Å². The minimum atomic E-state index is -0.448. The van der Waals surface area contributed by atoms with Crippen LogP contribution in [0.5, 0.6) is 0 Å². The van der Waals surface area contributed by atoms with Crippen LogP contribution in [-0.2, 0) is 14.3 Å².